The molecule has 110 valence electrons. The number of aliphatic carboxylic acids is 1. The largest absolute Gasteiger partial charge is 0.481 e. The van der Waals surface area contributed by atoms with Crippen LogP contribution in [0.15, 0.2) is 24.3 Å². The van der Waals surface area contributed by atoms with Gasteiger partial charge in [-0.1, -0.05) is 18.2 Å². The van der Waals surface area contributed by atoms with Crippen molar-refractivity contribution in [3.63, 3.8) is 0 Å². The molecule has 0 saturated carbocycles. The molecule has 0 aliphatic carbocycles. The Labute approximate surface area is 117 Å². The lowest BCUT2D eigenvalue weighted by Crippen LogP contribution is -2.42. The fourth-order valence-electron chi connectivity index (χ4n) is 2.30. The highest BCUT2D eigenvalue weighted by Crippen LogP contribution is 2.22. The number of hydrogen-bond acceptors (Lipinski definition) is 3. The number of rotatable bonds is 4. The van der Waals surface area contributed by atoms with E-state index in [-0.39, 0.29) is 12.1 Å². The molecule has 20 heavy (non-hydrogen) atoms. The normalized spacial score (nSPS) is 20.8. The Morgan fingerprint density at radius 1 is 1.40 bits per heavy atom. The summed E-state index contributed by atoms with van der Waals surface area (Å²) >= 11 is 0. The lowest BCUT2D eigenvalue weighted by Gasteiger charge is -2.29. The van der Waals surface area contributed by atoms with Crippen molar-refractivity contribution in [3.8, 4) is 0 Å². The van der Waals surface area contributed by atoms with Crippen LogP contribution < -0.4 is 0 Å². The Bertz CT molecular complexity index is 602. The summed E-state index contributed by atoms with van der Waals surface area (Å²) in [5, 5.41) is 8.97. The maximum atomic E-state index is 13.5. The topological polar surface area (TPSA) is 74.7 Å². The number of carboxylic acids is 1. The smallest absolute Gasteiger partial charge is 0.307 e. The summed E-state index contributed by atoms with van der Waals surface area (Å²) in [6.07, 6.45) is 0.981. The van der Waals surface area contributed by atoms with Crippen molar-refractivity contribution in [2.24, 2.45) is 5.92 Å². The minimum Gasteiger partial charge on any atom is -0.481 e. The van der Waals surface area contributed by atoms with Crippen molar-refractivity contribution >= 4 is 16.0 Å². The standard InChI is InChI=1S/C13H16FNO4S/c14-12-6-2-1-4-11(12)9-20(18,19)15-7-3-5-10(8-15)13(16)17/h1-2,4,6,10H,3,5,7-9H2,(H,16,17). The highest BCUT2D eigenvalue weighted by molar-refractivity contribution is 7.88. The third kappa shape index (κ3) is 3.34. The van der Waals surface area contributed by atoms with Crippen LogP contribution in [0.4, 0.5) is 4.39 Å². The molecule has 7 heteroatoms. The summed E-state index contributed by atoms with van der Waals surface area (Å²) < 4.78 is 39.2. The first kappa shape index (κ1) is 14.9. The van der Waals surface area contributed by atoms with Crippen molar-refractivity contribution in [1.82, 2.24) is 4.31 Å². The summed E-state index contributed by atoms with van der Waals surface area (Å²) in [5.74, 6) is -2.68. The van der Waals surface area contributed by atoms with E-state index >= 15 is 0 Å². The highest BCUT2D eigenvalue weighted by atomic mass is 32.2. The van der Waals surface area contributed by atoms with Gasteiger partial charge in [-0.2, -0.15) is 0 Å². The lowest BCUT2D eigenvalue weighted by molar-refractivity contribution is -0.142. The van der Waals surface area contributed by atoms with E-state index in [1.165, 1.54) is 18.2 Å². The van der Waals surface area contributed by atoms with Crippen LogP contribution in [0.1, 0.15) is 18.4 Å². The maximum absolute atomic E-state index is 13.5. The zero-order chi connectivity index (χ0) is 14.8. The maximum Gasteiger partial charge on any atom is 0.307 e. The second-order valence-corrected chi connectivity index (χ2v) is 6.85. The predicted molar refractivity (Wildman–Crippen MR) is 71.0 cm³/mol. The van der Waals surface area contributed by atoms with E-state index in [1.807, 2.05) is 0 Å². The Balaban J connectivity index is 2.14. The van der Waals surface area contributed by atoms with E-state index in [0.717, 1.165) is 4.31 Å². The average Bonchev–Trinajstić information content (AvgIpc) is 2.41. The average molecular weight is 301 g/mol. The lowest BCUT2D eigenvalue weighted by atomic mass is 10.0. The molecule has 1 aromatic rings. The molecular weight excluding hydrogens is 285 g/mol. The van der Waals surface area contributed by atoms with Gasteiger partial charge in [0.05, 0.1) is 11.7 Å². The van der Waals surface area contributed by atoms with Gasteiger partial charge in [0.1, 0.15) is 5.82 Å². The van der Waals surface area contributed by atoms with Crippen molar-refractivity contribution < 1.29 is 22.7 Å². The quantitative estimate of drug-likeness (QED) is 0.913. The van der Waals surface area contributed by atoms with E-state index < -0.39 is 33.5 Å². The van der Waals surface area contributed by atoms with Gasteiger partial charge in [0.15, 0.2) is 0 Å². The highest BCUT2D eigenvalue weighted by Gasteiger charge is 2.32. The van der Waals surface area contributed by atoms with E-state index in [2.05, 4.69) is 0 Å². The monoisotopic (exact) mass is 301 g/mol. The zero-order valence-corrected chi connectivity index (χ0v) is 11.6. The van der Waals surface area contributed by atoms with Gasteiger partial charge >= 0.3 is 5.97 Å². The fraction of sp³-hybridized carbons (Fsp3) is 0.462. The van der Waals surface area contributed by atoms with Crippen LogP contribution in [0, 0.1) is 11.7 Å². The number of sulfonamides is 1. The molecule has 1 saturated heterocycles. The summed E-state index contributed by atoms with van der Waals surface area (Å²) in [6, 6.07) is 5.70. The van der Waals surface area contributed by atoms with Crippen LogP contribution in [0.2, 0.25) is 0 Å². The van der Waals surface area contributed by atoms with Crippen LogP contribution in [0.3, 0.4) is 0 Å². The van der Waals surface area contributed by atoms with Gasteiger partial charge in [0.2, 0.25) is 10.0 Å². The number of carbonyl (C=O) groups is 1. The molecule has 1 heterocycles. The molecule has 0 radical (unpaired) electrons. The summed E-state index contributed by atoms with van der Waals surface area (Å²) in [4.78, 5) is 11.0. The first-order valence-corrected chi connectivity index (χ1v) is 7.95. The van der Waals surface area contributed by atoms with Gasteiger partial charge in [-0.05, 0) is 18.9 Å². The summed E-state index contributed by atoms with van der Waals surface area (Å²) in [5.41, 5.74) is 0.102. The molecule has 0 bridgehead atoms. The Kier molecular flexibility index (Phi) is 4.39. The number of benzene rings is 1. The van der Waals surface area contributed by atoms with E-state index in [0.29, 0.717) is 19.4 Å². The molecule has 0 spiro atoms. The SMILES string of the molecule is O=C(O)C1CCCN(S(=O)(=O)Cc2ccccc2F)C1. The molecule has 1 aromatic carbocycles. The Hall–Kier alpha value is -1.47. The number of hydrogen-bond donors (Lipinski definition) is 1. The second kappa shape index (κ2) is 5.88. The van der Waals surface area contributed by atoms with Crippen molar-refractivity contribution in [2.75, 3.05) is 13.1 Å². The molecule has 2 rings (SSSR count). The van der Waals surface area contributed by atoms with Crippen molar-refractivity contribution in [1.29, 1.82) is 0 Å². The van der Waals surface area contributed by atoms with Gasteiger partial charge in [-0.15, -0.1) is 0 Å². The molecule has 1 aliphatic heterocycles. The van der Waals surface area contributed by atoms with Gasteiger partial charge in [0, 0.05) is 18.7 Å². The molecule has 1 unspecified atom stereocenters. The molecule has 5 nitrogen and oxygen atoms in total. The number of piperidine rings is 1. The second-order valence-electron chi connectivity index (χ2n) is 4.88. The number of carboxylic acid groups (broad SMARTS) is 1. The minimum atomic E-state index is -3.70. The summed E-state index contributed by atoms with van der Waals surface area (Å²) in [7, 11) is -3.70. The fourth-order valence-corrected chi connectivity index (χ4v) is 3.92. The first-order chi connectivity index (χ1) is 9.40. The molecule has 1 fully saturated rings. The first-order valence-electron chi connectivity index (χ1n) is 6.34. The third-order valence-corrected chi connectivity index (χ3v) is 5.22. The summed E-state index contributed by atoms with van der Waals surface area (Å²) in [6.45, 7) is 0.257. The van der Waals surface area contributed by atoms with Gasteiger partial charge in [0.25, 0.3) is 0 Å². The van der Waals surface area contributed by atoms with Gasteiger partial charge < -0.3 is 5.11 Å². The zero-order valence-electron chi connectivity index (χ0n) is 10.8. The Morgan fingerprint density at radius 2 is 2.10 bits per heavy atom. The van der Waals surface area contributed by atoms with Crippen molar-refractivity contribution in [3.05, 3.63) is 35.6 Å². The molecule has 0 amide bonds. The molecule has 1 N–H and O–H groups in total. The number of nitrogens with zero attached hydrogens (tertiary/aromatic N) is 1. The van der Waals surface area contributed by atoms with E-state index in [4.69, 9.17) is 5.11 Å². The van der Waals surface area contributed by atoms with Crippen LogP contribution in [-0.2, 0) is 20.6 Å². The van der Waals surface area contributed by atoms with Crippen LogP contribution >= 0.6 is 0 Å². The minimum absolute atomic E-state index is 0.0356. The van der Waals surface area contributed by atoms with E-state index in [9.17, 15) is 17.6 Å². The predicted octanol–water partition coefficient (Wildman–Crippen LogP) is 1.45. The number of halogens is 1. The molecular formula is C13H16FNO4S. The Morgan fingerprint density at radius 3 is 2.75 bits per heavy atom. The molecule has 1 atom stereocenters. The van der Waals surface area contributed by atoms with E-state index in [1.54, 1.807) is 6.07 Å². The van der Waals surface area contributed by atoms with Gasteiger partial charge in [-0.25, -0.2) is 17.1 Å². The molecule has 0 aromatic heterocycles. The molecule has 1 aliphatic rings. The van der Waals surface area contributed by atoms with Gasteiger partial charge in [-0.3, -0.25) is 4.79 Å². The van der Waals surface area contributed by atoms with Crippen LogP contribution in [0.5, 0.6) is 0 Å². The third-order valence-electron chi connectivity index (χ3n) is 3.42. The van der Waals surface area contributed by atoms with Crippen LogP contribution in [0.25, 0.3) is 0 Å². The van der Waals surface area contributed by atoms with Crippen molar-refractivity contribution in [2.45, 2.75) is 18.6 Å². The van der Waals surface area contributed by atoms with Crippen LogP contribution in [-0.4, -0.2) is 36.9 Å².